The van der Waals surface area contributed by atoms with Gasteiger partial charge in [0.1, 0.15) is 0 Å². The molecule has 0 aliphatic carbocycles. The van der Waals surface area contributed by atoms with Crippen molar-refractivity contribution >= 4 is 40.4 Å². The molecule has 5 heteroatoms. The van der Waals surface area contributed by atoms with Crippen molar-refractivity contribution in [3.8, 4) is 0 Å². The smallest absolute Gasteiger partial charge is 0.307 e. The Hall–Kier alpha value is -1.46. The van der Waals surface area contributed by atoms with Gasteiger partial charge in [0.15, 0.2) is 0 Å². The third-order valence-electron chi connectivity index (χ3n) is 3.11. The molecule has 2 aromatic rings. The van der Waals surface area contributed by atoms with Crippen LogP contribution in [0.1, 0.15) is 24.2 Å². The molecule has 0 radical (unpaired) electrons. The van der Waals surface area contributed by atoms with Gasteiger partial charge in [0.25, 0.3) is 0 Å². The van der Waals surface area contributed by atoms with Crippen LogP contribution in [-0.2, 0) is 9.53 Å². The minimum absolute atomic E-state index is 0.0950. The van der Waals surface area contributed by atoms with E-state index in [0.717, 1.165) is 16.9 Å². The van der Waals surface area contributed by atoms with Crippen LogP contribution in [0.15, 0.2) is 39.9 Å². The lowest BCUT2D eigenvalue weighted by Crippen LogP contribution is -2.08. The lowest BCUT2D eigenvalue weighted by atomic mass is 10.1. The third-order valence-corrected chi connectivity index (χ3v) is 5.54. The van der Waals surface area contributed by atoms with E-state index in [1.807, 2.05) is 19.1 Å². The molecule has 1 N–H and O–H groups in total. The summed E-state index contributed by atoms with van der Waals surface area (Å²) in [5, 5.41) is 5.62. The van der Waals surface area contributed by atoms with Crippen LogP contribution >= 0.6 is 23.1 Å². The van der Waals surface area contributed by atoms with Crippen LogP contribution in [0, 0.1) is 0 Å². The monoisotopic (exact) mass is 305 g/mol. The minimum Gasteiger partial charge on any atom is -0.466 e. The summed E-state index contributed by atoms with van der Waals surface area (Å²) in [6, 6.07) is 10.2. The molecular weight excluding hydrogens is 290 g/mol. The van der Waals surface area contributed by atoms with Crippen molar-refractivity contribution < 1.29 is 9.53 Å². The van der Waals surface area contributed by atoms with E-state index in [1.54, 1.807) is 23.1 Å². The number of ether oxygens (including phenoxy) is 1. The number of fused-ring (bicyclic) bond motifs is 2. The largest absolute Gasteiger partial charge is 0.466 e. The maximum atomic E-state index is 11.8. The second-order valence-electron chi connectivity index (χ2n) is 4.45. The number of rotatable bonds is 3. The van der Waals surface area contributed by atoms with E-state index >= 15 is 0 Å². The van der Waals surface area contributed by atoms with Crippen molar-refractivity contribution in [1.82, 2.24) is 0 Å². The zero-order chi connectivity index (χ0) is 13.9. The van der Waals surface area contributed by atoms with E-state index in [9.17, 15) is 4.79 Å². The third kappa shape index (κ3) is 2.69. The van der Waals surface area contributed by atoms with E-state index in [-0.39, 0.29) is 11.2 Å². The second kappa shape index (κ2) is 5.89. The highest BCUT2D eigenvalue weighted by Gasteiger charge is 2.25. The predicted molar refractivity (Wildman–Crippen MR) is 83.9 cm³/mol. The molecule has 1 aliphatic rings. The normalized spacial score (nSPS) is 16.6. The topological polar surface area (TPSA) is 38.3 Å². The number of anilines is 2. The van der Waals surface area contributed by atoms with Gasteiger partial charge in [-0.1, -0.05) is 18.2 Å². The van der Waals surface area contributed by atoms with Crippen LogP contribution in [0.3, 0.4) is 0 Å². The van der Waals surface area contributed by atoms with Crippen LogP contribution in [0.25, 0.3) is 0 Å². The molecule has 0 amide bonds. The molecule has 1 atom stereocenters. The second-order valence-corrected chi connectivity index (χ2v) is 6.84. The standard InChI is InChI=1S/C15H15NO2S2/c1-2-18-14(17)9-13-10-5-3-4-6-11(10)16-12-7-8-19-15(12)20-13/h3-8,13,16H,2,9H2,1H3. The maximum absolute atomic E-state index is 11.8. The predicted octanol–water partition coefficient (Wildman–Crippen LogP) is 4.59. The van der Waals surface area contributed by atoms with Gasteiger partial charge >= 0.3 is 5.97 Å². The summed E-state index contributed by atoms with van der Waals surface area (Å²) in [4.78, 5) is 11.8. The summed E-state index contributed by atoms with van der Waals surface area (Å²) in [5.74, 6) is -0.139. The number of para-hydroxylation sites is 1. The summed E-state index contributed by atoms with van der Waals surface area (Å²) < 4.78 is 6.32. The first-order chi connectivity index (χ1) is 9.78. The summed E-state index contributed by atoms with van der Waals surface area (Å²) in [7, 11) is 0. The molecule has 20 heavy (non-hydrogen) atoms. The van der Waals surface area contributed by atoms with Gasteiger partial charge in [-0.2, -0.15) is 0 Å². The molecule has 0 bridgehead atoms. The van der Waals surface area contributed by atoms with E-state index in [0.29, 0.717) is 13.0 Å². The van der Waals surface area contributed by atoms with Crippen molar-refractivity contribution in [3.05, 3.63) is 41.3 Å². The fraction of sp³-hybridized carbons (Fsp3) is 0.267. The quantitative estimate of drug-likeness (QED) is 0.842. The molecule has 1 unspecified atom stereocenters. The van der Waals surface area contributed by atoms with Crippen molar-refractivity contribution in [2.24, 2.45) is 0 Å². The highest BCUT2D eigenvalue weighted by molar-refractivity contribution is 8.01. The fourth-order valence-electron chi connectivity index (χ4n) is 2.23. The molecular formula is C15H15NO2S2. The lowest BCUT2D eigenvalue weighted by Gasteiger charge is -2.15. The number of hydrogen-bond acceptors (Lipinski definition) is 5. The van der Waals surface area contributed by atoms with E-state index in [4.69, 9.17) is 4.74 Å². The highest BCUT2D eigenvalue weighted by Crippen LogP contribution is 2.49. The number of esters is 1. The van der Waals surface area contributed by atoms with Gasteiger partial charge in [0.05, 0.1) is 22.9 Å². The average Bonchev–Trinajstić information content (AvgIpc) is 2.81. The van der Waals surface area contributed by atoms with Crippen molar-refractivity contribution in [1.29, 1.82) is 0 Å². The van der Waals surface area contributed by atoms with Gasteiger partial charge in [0.2, 0.25) is 0 Å². The van der Waals surface area contributed by atoms with Crippen LogP contribution < -0.4 is 5.32 Å². The van der Waals surface area contributed by atoms with Crippen LogP contribution in [-0.4, -0.2) is 12.6 Å². The zero-order valence-corrected chi connectivity index (χ0v) is 12.7. The van der Waals surface area contributed by atoms with Gasteiger partial charge in [-0.15, -0.1) is 23.1 Å². The SMILES string of the molecule is CCOC(=O)CC1Sc2sccc2Nc2ccccc21. The molecule has 3 nitrogen and oxygen atoms in total. The van der Waals surface area contributed by atoms with Gasteiger partial charge in [-0.05, 0) is 30.0 Å². The Morgan fingerprint density at radius 2 is 2.15 bits per heavy atom. The Morgan fingerprint density at radius 1 is 1.30 bits per heavy atom. The molecule has 0 fully saturated rings. The van der Waals surface area contributed by atoms with Crippen molar-refractivity contribution in [2.75, 3.05) is 11.9 Å². The Balaban J connectivity index is 1.94. The van der Waals surface area contributed by atoms with Crippen LogP contribution in [0.4, 0.5) is 11.4 Å². The number of carbonyl (C=O) groups excluding carboxylic acids is 1. The van der Waals surface area contributed by atoms with Gasteiger partial charge < -0.3 is 10.1 Å². The molecule has 1 aromatic heterocycles. The summed E-state index contributed by atoms with van der Waals surface area (Å²) in [6.45, 7) is 2.27. The summed E-state index contributed by atoms with van der Waals surface area (Å²) >= 11 is 3.44. The Labute approximate surface area is 126 Å². The summed E-state index contributed by atoms with van der Waals surface area (Å²) in [5.41, 5.74) is 3.36. The number of benzene rings is 1. The summed E-state index contributed by atoms with van der Waals surface area (Å²) in [6.07, 6.45) is 0.397. The number of nitrogens with one attached hydrogen (secondary N) is 1. The molecule has 0 saturated carbocycles. The van der Waals surface area contributed by atoms with Gasteiger partial charge in [-0.3, -0.25) is 4.79 Å². The van der Waals surface area contributed by atoms with E-state index in [1.165, 1.54) is 4.21 Å². The van der Waals surface area contributed by atoms with E-state index < -0.39 is 0 Å². The van der Waals surface area contributed by atoms with Gasteiger partial charge in [0, 0.05) is 10.9 Å². The minimum atomic E-state index is -0.139. The van der Waals surface area contributed by atoms with Gasteiger partial charge in [-0.25, -0.2) is 0 Å². The first kappa shape index (κ1) is 13.5. The van der Waals surface area contributed by atoms with E-state index in [2.05, 4.69) is 28.9 Å². The number of carbonyl (C=O) groups is 1. The molecule has 2 heterocycles. The average molecular weight is 305 g/mol. The molecule has 0 saturated heterocycles. The lowest BCUT2D eigenvalue weighted by molar-refractivity contribution is -0.143. The molecule has 104 valence electrons. The van der Waals surface area contributed by atoms with Crippen LogP contribution in [0.2, 0.25) is 0 Å². The van der Waals surface area contributed by atoms with Crippen LogP contribution in [0.5, 0.6) is 0 Å². The molecule has 0 spiro atoms. The van der Waals surface area contributed by atoms with Crippen molar-refractivity contribution in [2.45, 2.75) is 22.8 Å². The highest BCUT2D eigenvalue weighted by atomic mass is 32.2. The number of thiophene rings is 1. The Bertz CT molecular complexity index is 624. The zero-order valence-electron chi connectivity index (χ0n) is 11.1. The molecule has 1 aliphatic heterocycles. The number of hydrogen-bond donors (Lipinski definition) is 1. The molecule has 3 rings (SSSR count). The first-order valence-electron chi connectivity index (χ1n) is 6.53. The fourth-order valence-corrected chi connectivity index (χ4v) is 4.60. The Morgan fingerprint density at radius 3 is 3.00 bits per heavy atom. The number of thioether (sulfide) groups is 1. The van der Waals surface area contributed by atoms with Crippen molar-refractivity contribution in [3.63, 3.8) is 0 Å². The molecule has 1 aromatic carbocycles. The first-order valence-corrected chi connectivity index (χ1v) is 8.29. The maximum Gasteiger partial charge on any atom is 0.307 e. The Kier molecular flexibility index (Phi) is 3.98.